The van der Waals surface area contributed by atoms with Crippen molar-refractivity contribution in [2.75, 3.05) is 6.61 Å². The Balaban J connectivity index is 2.14. The molecule has 0 aliphatic heterocycles. The van der Waals surface area contributed by atoms with E-state index < -0.39 is 0 Å². The minimum atomic E-state index is 0.131. The monoisotopic (exact) mass is 274 g/mol. The van der Waals surface area contributed by atoms with Crippen LogP contribution in [0.4, 0.5) is 0 Å². The molecule has 2 rings (SSSR count). The molecule has 1 N–H and O–H groups in total. The number of aromatic nitrogens is 3. The summed E-state index contributed by atoms with van der Waals surface area (Å²) >= 11 is 0. The number of pyridine rings is 1. The summed E-state index contributed by atoms with van der Waals surface area (Å²) in [4.78, 5) is 10.8. The Kier molecular flexibility index (Phi) is 5.26. The molecule has 1 unspecified atom stereocenters. The van der Waals surface area contributed by atoms with Gasteiger partial charge in [0.05, 0.1) is 13.2 Å². The Morgan fingerprint density at radius 3 is 2.75 bits per heavy atom. The Morgan fingerprint density at radius 1 is 1.35 bits per heavy atom. The predicted octanol–water partition coefficient (Wildman–Crippen LogP) is 1.59. The molecule has 0 bridgehead atoms. The van der Waals surface area contributed by atoms with Gasteiger partial charge in [-0.2, -0.15) is 0 Å². The van der Waals surface area contributed by atoms with Gasteiger partial charge in [0.25, 0.3) is 0 Å². The Bertz CT molecular complexity index is 508. The standard InChI is InChI=1S/C15H22N4O/c1-3-14(12-20)19(10-13-5-4-6-16-9-13)11-15-17-7-8-18(15)2/h4-9,14,20H,3,10-12H2,1-2H3. The van der Waals surface area contributed by atoms with Crippen molar-refractivity contribution in [3.05, 3.63) is 48.3 Å². The molecule has 2 aromatic rings. The van der Waals surface area contributed by atoms with Crippen LogP contribution in [0.25, 0.3) is 0 Å². The molecule has 5 heteroatoms. The number of aliphatic hydroxyl groups is 1. The fourth-order valence-electron chi connectivity index (χ4n) is 2.27. The fourth-order valence-corrected chi connectivity index (χ4v) is 2.27. The molecular formula is C15H22N4O. The molecule has 20 heavy (non-hydrogen) atoms. The Labute approximate surface area is 119 Å². The van der Waals surface area contributed by atoms with Crippen LogP contribution in [0.15, 0.2) is 36.9 Å². The van der Waals surface area contributed by atoms with E-state index in [1.54, 1.807) is 12.4 Å². The minimum absolute atomic E-state index is 0.131. The topological polar surface area (TPSA) is 54.2 Å². The highest BCUT2D eigenvalue weighted by atomic mass is 16.3. The van der Waals surface area contributed by atoms with Gasteiger partial charge >= 0.3 is 0 Å². The summed E-state index contributed by atoms with van der Waals surface area (Å²) < 4.78 is 2.01. The number of nitrogens with zero attached hydrogens (tertiary/aromatic N) is 4. The largest absolute Gasteiger partial charge is 0.395 e. The lowest BCUT2D eigenvalue weighted by Gasteiger charge is -2.29. The lowest BCUT2D eigenvalue weighted by atomic mass is 10.1. The second-order valence-corrected chi connectivity index (χ2v) is 4.97. The lowest BCUT2D eigenvalue weighted by Crippen LogP contribution is -2.37. The van der Waals surface area contributed by atoms with E-state index in [-0.39, 0.29) is 12.6 Å². The molecular weight excluding hydrogens is 252 g/mol. The van der Waals surface area contributed by atoms with E-state index in [1.807, 2.05) is 30.1 Å². The van der Waals surface area contributed by atoms with Crippen molar-refractivity contribution in [3.63, 3.8) is 0 Å². The van der Waals surface area contributed by atoms with E-state index in [0.717, 1.165) is 30.9 Å². The summed E-state index contributed by atoms with van der Waals surface area (Å²) in [6, 6.07) is 4.13. The smallest absolute Gasteiger partial charge is 0.122 e. The first-order chi connectivity index (χ1) is 9.74. The summed E-state index contributed by atoms with van der Waals surface area (Å²) in [7, 11) is 1.99. The van der Waals surface area contributed by atoms with Crippen LogP contribution < -0.4 is 0 Å². The van der Waals surface area contributed by atoms with Crippen LogP contribution >= 0.6 is 0 Å². The SMILES string of the molecule is CCC(CO)N(Cc1cccnc1)Cc1nccn1C. The molecule has 0 fully saturated rings. The second-order valence-electron chi connectivity index (χ2n) is 4.97. The molecule has 108 valence electrons. The first-order valence-corrected chi connectivity index (χ1v) is 6.94. The average Bonchev–Trinajstić information content (AvgIpc) is 2.87. The van der Waals surface area contributed by atoms with Crippen molar-refractivity contribution < 1.29 is 5.11 Å². The van der Waals surface area contributed by atoms with E-state index in [4.69, 9.17) is 0 Å². The van der Waals surface area contributed by atoms with Gasteiger partial charge in [-0.1, -0.05) is 13.0 Å². The molecule has 0 saturated carbocycles. The van der Waals surface area contributed by atoms with Crippen molar-refractivity contribution in [2.24, 2.45) is 7.05 Å². The first kappa shape index (κ1) is 14.7. The molecule has 1 atom stereocenters. The van der Waals surface area contributed by atoms with Crippen molar-refractivity contribution in [1.82, 2.24) is 19.4 Å². The fraction of sp³-hybridized carbons (Fsp3) is 0.467. The van der Waals surface area contributed by atoms with Crippen molar-refractivity contribution in [2.45, 2.75) is 32.5 Å². The molecule has 0 spiro atoms. The normalized spacial score (nSPS) is 12.8. The van der Waals surface area contributed by atoms with E-state index in [2.05, 4.69) is 27.9 Å². The quantitative estimate of drug-likeness (QED) is 0.833. The third-order valence-corrected chi connectivity index (χ3v) is 3.57. The van der Waals surface area contributed by atoms with Gasteiger partial charge in [-0.05, 0) is 18.1 Å². The number of aryl methyl sites for hydroxylation is 1. The number of rotatable bonds is 7. The Morgan fingerprint density at radius 2 is 2.20 bits per heavy atom. The maximum Gasteiger partial charge on any atom is 0.122 e. The predicted molar refractivity (Wildman–Crippen MR) is 77.9 cm³/mol. The highest BCUT2D eigenvalue weighted by molar-refractivity contribution is 5.08. The van der Waals surface area contributed by atoms with Crippen LogP contribution in [0.3, 0.4) is 0 Å². The van der Waals surface area contributed by atoms with Gasteiger partial charge in [-0.25, -0.2) is 4.98 Å². The van der Waals surface area contributed by atoms with Gasteiger partial charge in [0.1, 0.15) is 5.82 Å². The average molecular weight is 274 g/mol. The van der Waals surface area contributed by atoms with E-state index in [0.29, 0.717) is 0 Å². The summed E-state index contributed by atoms with van der Waals surface area (Å²) in [5.74, 6) is 1.00. The lowest BCUT2D eigenvalue weighted by molar-refractivity contribution is 0.103. The van der Waals surface area contributed by atoms with E-state index >= 15 is 0 Å². The van der Waals surface area contributed by atoms with Gasteiger partial charge in [0.2, 0.25) is 0 Å². The number of imidazole rings is 1. The highest BCUT2D eigenvalue weighted by Crippen LogP contribution is 2.13. The molecule has 0 amide bonds. The highest BCUT2D eigenvalue weighted by Gasteiger charge is 2.18. The Hall–Kier alpha value is -1.72. The molecule has 2 heterocycles. The van der Waals surface area contributed by atoms with Crippen molar-refractivity contribution in [3.8, 4) is 0 Å². The van der Waals surface area contributed by atoms with Gasteiger partial charge in [0, 0.05) is 44.4 Å². The number of hydrogen-bond acceptors (Lipinski definition) is 4. The first-order valence-electron chi connectivity index (χ1n) is 6.94. The third kappa shape index (κ3) is 3.65. The summed E-state index contributed by atoms with van der Waals surface area (Å²) in [5, 5.41) is 9.59. The van der Waals surface area contributed by atoms with Gasteiger partial charge < -0.3 is 9.67 Å². The van der Waals surface area contributed by atoms with Gasteiger partial charge in [-0.15, -0.1) is 0 Å². The van der Waals surface area contributed by atoms with Crippen LogP contribution in [0.2, 0.25) is 0 Å². The van der Waals surface area contributed by atoms with Crippen molar-refractivity contribution >= 4 is 0 Å². The molecule has 5 nitrogen and oxygen atoms in total. The molecule has 0 aliphatic rings. The number of aliphatic hydroxyl groups excluding tert-OH is 1. The molecule has 2 aromatic heterocycles. The third-order valence-electron chi connectivity index (χ3n) is 3.57. The van der Waals surface area contributed by atoms with Crippen LogP contribution in [0.1, 0.15) is 24.7 Å². The van der Waals surface area contributed by atoms with Crippen LogP contribution in [-0.2, 0) is 20.1 Å². The zero-order chi connectivity index (χ0) is 14.4. The summed E-state index contributed by atoms with van der Waals surface area (Å²) in [5.41, 5.74) is 1.15. The van der Waals surface area contributed by atoms with E-state index in [1.165, 1.54) is 0 Å². The molecule has 0 aliphatic carbocycles. The maximum atomic E-state index is 9.59. The zero-order valence-electron chi connectivity index (χ0n) is 12.1. The van der Waals surface area contributed by atoms with Crippen molar-refractivity contribution in [1.29, 1.82) is 0 Å². The minimum Gasteiger partial charge on any atom is -0.395 e. The maximum absolute atomic E-state index is 9.59. The van der Waals surface area contributed by atoms with E-state index in [9.17, 15) is 5.11 Å². The molecule has 0 aromatic carbocycles. The van der Waals surface area contributed by atoms with Crippen LogP contribution in [0, 0.1) is 0 Å². The van der Waals surface area contributed by atoms with Crippen LogP contribution in [-0.4, -0.2) is 37.2 Å². The summed E-state index contributed by atoms with van der Waals surface area (Å²) in [6.45, 7) is 3.73. The second kappa shape index (κ2) is 7.17. The van der Waals surface area contributed by atoms with Gasteiger partial charge in [-0.3, -0.25) is 9.88 Å². The zero-order valence-corrected chi connectivity index (χ0v) is 12.1. The van der Waals surface area contributed by atoms with Crippen LogP contribution in [0.5, 0.6) is 0 Å². The van der Waals surface area contributed by atoms with Gasteiger partial charge in [0.15, 0.2) is 0 Å². The molecule has 0 radical (unpaired) electrons. The summed E-state index contributed by atoms with van der Waals surface area (Å²) in [6.07, 6.45) is 8.29. The number of hydrogen-bond donors (Lipinski definition) is 1. The molecule has 0 saturated heterocycles.